The van der Waals surface area contributed by atoms with Crippen molar-refractivity contribution in [3.05, 3.63) is 60.2 Å². The largest absolute Gasteiger partial charge is 0.411 e. The van der Waals surface area contributed by atoms with Crippen molar-refractivity contribution in [2.45, 2.75) is 19.5 Å². The van der Waals surface area contributed by atoms with Crippen LogP contribution in [-0.2, 0) is 13.1 Å². The van der Waals surface area contributed by atoms with Gasteiger partial charge in [-0.15, -0.1) is 0 Å². The van der Waals surface area contributed by atoms with Crippen molar-refractivity contribution in [3.8, 4) is 0 Å². The summed E-state index contributed by atoms with van der Waals surface area (Å²) >= 11 is 0. The van der Waals surface area contributed by atoms with Gasteiger partial charge in [0.1, 0.15) is 12.4 Å². The highest BCUT2D eigenvalue weighted by Gasteiger charge is 2.11. The highest BCUT2D eigenvalue weighted by atomic mass is 16.4. The third-order valence-electron chi connectivity index (χ3n) is 3.13. The van der Waals surface area contributed by atoms with Gasteiger partial charge in [0.05, 0.1) is 6.42 Å². The van der Waals surface area contributed by atoms with Crippen molar-refractivity contribution in [2.75, 3.05) is 0 Å². The van der Waals surface area contributed by atoms with Crippen molar-refractivity contribution in [2.24, 2.45) is 10.3 Å². The molecule has 0 aliphatic heterocycles. The molecule has 2 heterocycles. The van der Waals surface area contributed by atoms with Gasteiger partial charge < -0.3 is 10.4 Å². The van der Waals surface area contributed by atoms with Gasteiger partial charge in [0.25, 0.3) is 0 Å². The molecule has 2 aromatic rings. The highest BCUT2D eigenvalue weighted by Crippen LogP contribution is 1.92. The Morgan fingerprint density at radius 3 is 1.71 bits per heavy atom. The summed E-state index contributed by atoms with van der Waals surface area (Å²) in [5, 5.41) is 23.5. The van der Waals surface area contributed by atoms with Crippen molar-refractivity contribution in [1.82, 2.24) is 0 Å². The van der Waals surface area contributed by atoms with Gasteiger partial charge >= 0.3 is 0 Å². The van der Waals surface area contributed by atoms with Crippen molar-refractivity contribution in [1.29, 1.82) is 0 Å². The molecule has 0 spiro atoms. The first-order valence-corrected chi connectivity index (χ1v) is 6.67. The number of aromatic nitrogens is 2. The Balaban J connectivity index is 2.02. The van der Waals surface area contributed by atoms with Gasteiger partial charge in [-0.05, 0) is 12.1 Å². The Morgan fingerprint density at radius 1 is 0.810 bits per heavy atom. The normalized spacial score (nSPS) is 11.4. The van der Waals surface area contributed by atoms with E-state index in [9.17, 15) is 0 Å². The van der Waals surface area contributed by atoms with Crippen LogP contribution in [0.2, 0.25) is 0 Å². The molecule has 0 radical (unpaired) electrons. The molecule has 21 heavy (non-hydrogen) atoms. The SMILES string of the molecule is O/N=C/c1cccc[n+]1CCC[n+]1ccccc1/C=N/O. The van der Waals surface area contributed by atoms with Crippen LogP contribution in [0.3, 0.4) is 0 Å². The molecule has 2 rings (SSSR count). The van der Waals surface area contributed by atoms with Gasteiger partial charge in [-0.1, -0.05) is 10.3 Å². The van der Waals surface area contributed by atoms with Gasteiger partial charge in [-0.2, -0.15) is 9.13 Å². The van der Waals surface area contributed by atoms with Crippen LogP contribution in [0.25, 0.3) is 0 Å². The van der Waals surface area contributed by atoms with E-state index in [1.807, 2.05) is 57.9 Å². The lowest BCUT2D eigenvalue weighted by molar-refractivity contribution is -0.727. The lowest BCUT2D eigenvalue weighted by Crippen LogP contribution is -2.43. The van der Waals surface area contributed by atoms with E-state index in [1.54, 1.807) is 0 Å². The van der Waals surface area contributed by atoms with Crippen LogP contribution in [0.5, 0.6) is 0 Å². The predicted octanol–water partition coefficient (Wildman–Crippen LogP) is 0.968. The minimum Gasteiger partial charge on any atom is -0.411 e. The summed E-state index contributed by atoms with van der Waals surface area (Å²) in [7, 11) is 0. The van der Waals surface area contributed by atoms with E-state index in [2.05, 4.69) is 10.3 Å². The number of rotatable bonds is 6. The van der Waals surface area contributed by atoms with Crippen molar-refractivity contribution >= 4 is 12.4 Å². The van der Waals surface area contributed by atoms with E-state index >= 15 is 0 Å². The summed E-state index contributed by atoms with van der Waals surface area (Å²) in [6.45, 7) is 1.58. The quantitative estimate of drug-likeness (QED) is 0.359. The molecule has 0 unspecified atom stereocenters. The zero-order chi connectivity index (χ0) is 14.9. The molecular formula is C15H18N4O2+2. The molecule has 0 aliphatic carbocycles. The van der Waals surface area contributed by atoms with Crippen molar-refractivity contribution in [3.63, 3.8) is 0 Å². The molecule has 2 aromatic heterocycles. The molecule has 6 nitrogen and oxygen atoms in total. The van der Waals surface area contributed by atoms with Gasteiger partial charge in [0, 0.05) is 24.3 Å². The molecule has 0 saturated heterocycles. The Kier molecular flexibility index (Phi) is 5.40. The molecule has 0 atom stereocenters. The minimum atomic E-state index is 0.791. The number of aryl methyl sites for hydroxylation is 2. The third-order valence-corrected chi connectivity index (χ3v) is 3.13. The minimum absolute atomic E-state index is 0.791. The summed E-state index contributed by atoms with van der Waals surface area (Å²) in [6, 6.07) is 11.4. The lowest BCUT2D eigenvalue weighted by atomic mass is 10.3. The van der Waals surface area contributed by atoms with E-state index in [0.29, 0.717) is 0 Å². The second kappa shape index (κ2) is 7.74. The van der Waals surface area contributed by atoms with E-state index < -0.39 is 0 Å². The van der Waals surface area contributed by atoms with E-state index in [1.165, 1.54) is 12.4 Å². The second-order valence-electron chi connectivity index (χ2n) is 4.48. The van der Waals surface area contributed by atoms with E-state index in [-0.39, 0.29) is 0 Å². The van der Waals surface area contributed by atoms with Crippen LogP contribution >= 0.6 is 0 Å². The highest BCUT2D eigenvalue weighted by molar-refractivity contribution is 5.74. The molecule has 2 N–H and O–H groups in total. The molecule has 0 bridgehead atoms. The number of hydrogen-bond acceptors (Lipinski definition) is 4. The summed E-state index contributed by atoms with van der Waals surface area (Å²) in [5.41, 5.74) is 1.69. The summed E-state index contributed by atoms with van der Waals surface area (Å²) in [4.78, 5) is 0. The Morgan fingerprint density at radius 2 is 1.29 bits per heavy atom. The monoisotopic (exact) mass is 286 g/mol. The van der Waals surface area contributed by atoms with Gasteiger partial charge in [0.2, 0.25) is 11.4 Å². The molecule has 6 heteroatoms. The second-order valence-corrected chi connectivity index (χ2v) is 4.48. The van der Waals surface area contributed by atoms with Crippen LogP contribution in [-0.4, -0.2) is 22.8 Å². The zero-order valence-corrected chi connectivity index (χ0v) is 11.6. The molecule has 0 amide bonds. The smallest absolute Gasteiger partial charge is 0.227 e. The Bertz CT molecular complexity index is 586. The topological polar surface area (TPSA) is 72.9 Å². The molecule has 0 aromatic carbocycles. The molecular weight excluding hydrogens is 268 g/mol. The maximum absolute atomic E-state index is 8.66. The Labute approximate surface area is 122 Å². The number of hydrogen-bond donors (Lipinski definition) is 2. The number of nitrogens with zero attached hydrogens (tertiary/aromatic N) is 4. The number of pyridine rings is 2. The summed E-state index contributed by atoms with van der Waals surface area (Å²) in [5.74, 6) is 0. The maximum Gasteiger partial charge on any atom is 0.227 e. The summed E-state index contributed by atoms with van der Waals surface area (Å²) < 4.78 is 4.03. The molecule has 0 saturated carbocycles. The van der Waals surface area contributed by atoms with Gasteiger partial charge in [0.15, 0.2) is 25.5 Å². The fourth-order valence-electron chi connectivity index (χ4n) is 2.15. The zero-order valence-electron chi connectivity index (χ0n) is 11.6. The average Bonchev–Trinajstić information content (AvgIpc) is 2.51. The molecule has 108 valence electrons. The van der Waals surface area contributed by atoms with Crippen LogP contribution in [0.15, 0.2) is 59.1 Å². The van der Waals surface area contributed by atoms with Crippen LogP contribution < -0.4 is 9.13 Å². The fraction of sp³-hybridized carbons (Fsp3) is 0.200. The van der Waals surface area contributed by atoms with Gasteiger partial charge in [-0.3, -0.25) is 0 Å². The van der Waals surface area contributed by atoms with Crippen LogP contribution in [0.4, 0.5) is 0 Å². The first-order chi connectivity index (χ1) is 10.3. The van der Waals surface area contributed by atoms with Crippen molar-refractivity contribution < 1.29 is 19.5 Å². The number of oxime groups is 2. The van der Waals surface area contributed by atoms with Crippen LogP contribution in [0, 0.1) is 0 Å². The first-order valence-electron chi connectivity index (χ1n) is 6.67. The van der Waals surface area contributed by atoms with E-state index in [4.69, 9.17) is 10.4 Å². The molecule has 0 aliphatic rings. The third kappa shape index (κ3) is 4.10. The van der Waals surface area contributed by atoms with Crippen LogP contribution in [0.1, 0.15) is 17.8 Å². The maximum atomic E-state index is 8.66. The van der Waals surface area contributed by atoms with E-state index in [0.717, 1.165) is 30.9 Å². The summed E-state index contributed by atoms with van der Waals surface area (Å²) in [6.07, 6.45) is 7.62. The first kappa shape index (κ1) is 14.6. The van der Waals surface area contributed by atoms with Gasteiger partial charge in [-0.25, -0.2) is 0 Å². The standard InChI is InChI=1S/C15H16N4O2/c20-16-12-14-6-1-3-8-18(14)10-5-11-19-9-4-2-7-15(19)13-17-21/h1-4,6-9,12-13H,5,10-11H2/p+2. The average molecular weight is 286 g/mol. The fourth-order valence-corrected chi connectivity index (χ4v) is 2.15. The Hall–Kier alpha value is -2.76. The lowest BCUT2D eigenvalue weighted by Gasteiger charge is -2.00. The predicted molar refractivity (Wildman–Crippen MR) is 76.7 cm³/mol. The molecule has 0 fully saturated rings.